The van der Waals surface area contributed by atoms with Crippen LogP contribution in [0.5, 0.6) is 5.75 Å². The van der Waals surface area contributed by atoms with Crippen molar-refractivity contribution in [2.24, 2.45) is 0 Å². The molecule has 162 valence electrons. The third-order valence-corrected chi connectivity index (χ3v) is 4.49. The topological polar surface area (TPSA) is 90.1 Å². The maximum absolute atomic E-state index is 13.9. The summed E-state index contributed by atoms with van der Waals surface area (Å²) in [7, 11) is 0. The van der Waals surface area contributed by atoms with Gasteiger partial charge in [-0.25, -0.2) is 18.7 Å². The molecule has 1 N–H and O–H groups in total. The van der Waals surface area contributed by atoms with E-state index >= 15 is 0 Å². The molecule has 0 saturated heterocycles. The first-order valence-corrected chi connectivity index (χ1v) is 9.75. The Balaban J connectivity index is 1.34. The van der Waals surface area contributed by atoms with Crippen LogP contribution in [-0.4, -0.2) is 20.9 Å². The Morgan fingerprint density at radius 3 is 2.72 bits per heavy atom. The normalized spacial score (nSPS) is 10.7. The number of carbonyl (C=O) groups is 1. The molecule has 3 aromatic heterocycles. The third kappa shape index (κ3) is 5.31. The second-order valence-electron chi connectivity index (χ2n) is 6.78. The molecule has 4 aromatic rings. The fourth-order valence-electron chi connectivity index (χ4n) is 2.90. The van der Waals surface area contributed by atoms with Gasteiger partial charge < -0.3 is 14.5 Å². The lowest BCUT2D eigenvalue weighted by Crippen LogP contribution is -2.14. The third-order valence-electron chi connectivity index (χ3n) is 4.49. The molecule has 0 radical (unpaired) electrons. The van der Waals surface area contributed by atoms with Gasteiger partial charge in [-0.15, -0.1) is 0 Å². The predicted molar refractivity (Wildman–Crippen MR) is 112 cm³/mol. The highest BCUT2D eigenvalue weighted by Crippen LogP contribution is 2.25. The van der Waals surface area contributed by atoms with Crippen molar-refractivity contribution < 1.29 is 22.7 Å². The number of pyridine rings is 2. The van der Waals surface area contributed by atoms with Crippen molar-refractivity contribution in [2.45, 2.75) is 19.4 Å². The van der Waals surface area contributed by atoms with Crippen molar-refractivity contribution in [1.29, 1.82) is 0 Å². The zero-order valence-electron chi connectivity index (χ0n) is 16.8. The summed E-state index contributed by atoms with van der Waals surface area (Å²) < 4.78 is 38.2. The number of benzene rings is 1. The van der Waals surface area contributed by atoms with Crippen LogP contribution < -0.4 is 10.1 Å². The Kier molecular flexibility index (Phi) is 6.45. The zero-order chi connectivity index (χ0) is 22.3. The smallest absolute Gasteiger partial charge is 0.226 e. The summed E-state index contributed by atoms with van der Waals surface area (Å²) in [6, 6.07) is 10.3. The first kappa shape index (κ1) is 21.1. The molecular formula is C23H18F2N4O3. The average Bonchev–Trinajstić information content (AvgIpc) is 3.26. The van der Waals surface area contributed by atoms with E-state index in [-0.39, 0.29) is 36.0 Å². The lowest BCUT2D eigenvalue weighted by molar-refractivity contribution is -0.116. The fraction of sp³-hybridized carbons (Fsp3) is 0.130. The van der Waals surface area contributed by atoms with E-state index in [1.165, 1.54) is 12.3 Å². The number of carbonyl (C=O) groups excluding carboxylic acids is 1. The molecule has 32 heavy (non-hydrogen) atoms. The van der Waals surface area contributed by atoms with E-state index in [0.29, 0.717) is 18.2 Å². The first-order valence-electron chi connectivity index (χ1n) is 9.75. The molecule has 0 fully saturated rings. The van der Waals surface area contributed by atoms with Gasteiger partial charge in [-0.05, 0) is 42.0 Å². The van der Waals surface area contributed by atoms with Crippen LogP contribution >= 0.6 is 0 Å². The summed E-state index contributed by atoms with van der Waals surface area (Å²) >= 11 is 0. The van der Waals surface area contributed by atoms with Crippen molar-refractivity contribution in [3.05, 3.63) is 90.3 Å². The number of anilines is 1. The molecular weight excluding hydrogens is 418 g/mol. The molecule has 1 amide bonds. The number of nitrogens with one attached hydrogen (secondary N) is 1. The maximum atomic E-state index is 13.9. The first-order chi connectivity index (χ1) is 15.6. The van der Waals surface area contributed by atoms with Crippen LogP contribution in [0.2, 0.25) is 0 Å². The molecule has 0 atom stereocenters. The van der Waals surface area contributed by atoms with Crippen molar-refractivity contribution in [1.82, 2.24) is 15.0 Å². The highest BCUT2D eigenvalue weighted by atomic mass is 19.1. The number of aromatic nitrogens is 3. The molecule has 9 heteroatoms. The Morgan fingerprint density at radius 1 is 1.06 bits per heavy atom. The van der Waals surface area contributed by atoms with Gasteiger partial charge in [-0.3, -0.25) is 9.78 Å². The predicted octanol–water partition coefficient (Wildman–Crippen LogP) is 4.56. The Hall–Kier alpha value is -4.14. The number of hydrogen-bond acceptors (Lipinski definition) is 6. The van der Waals surface area contributed by atoms with Gasteiger partial charge in [0, 0.05) is 37.5 Å². The van der Waals surface area contributed by atoms with Gasteiger partial charge in [0.15, 0.2) is 23.2 Å². The van der Waals surface area contributed by atoms with Crippen LogP contribution in [0.3, 0.4) is 0 Å². The highest BCUT2D eigenvalue weighted by molar-refractivity contribution is 5.91. The summed E-state index contributed by atoms with van der Waals surface area (Å²) in [5, 5.41) is 2.71. The molecule has 4 rings (SSSR count). The van der Waals surface area contributed by atoms with E-state index < -0.39 is 11.6 Å². The van der Waals surface area contributed by atoms with Gasteiger partial charge in [0.2, 0.25) is 5.91 Å². The summed E-state index contributed by atoms with van der Waals surface area (Å²) in [6.07, 6.45) is 6.48. The number of ether oxygens (including phenoxy) is 1. The molecule has 0 spiro atoms. The standard InChI is InChI=1S/C23H18F2N4O3/c24-16-3-4-17(18(25)12-16)20-13-28-22(32-20)6-5-21(30)29-23-19(2-1-9-27-23)31-14-15-7-10-26-11-8-15/h1-4,7-13H,5-6,14H2,(H,27,29,30). The minimum absolute atomic E-state index is 0.0617. The molecule has 0 aliphatic heterocycles. The van der Waals surface area contributed by atoms with Crippen molar-refractivity contribution in [3.8, 4) is 17.1 Å². The summed E-state index contributed by atoms with van der Waals surface area (Å²) in [5.41, 5.74) is 1.03. The van der Waals surface area contributed by atoms with Crippen LogP contribution in [0.1, 0.15) is 17.9 Å². The van der Waals surface area contributed by atoms with Crippen molar-refractivity contribution >= 4 is 11.7 Å². The van der Waals surface area contributed by atoms with E-state index in [2.05, 4.69) is 20.3 Å². The van der Waals surface area contributed by atoms with Crippen LogP contribution in [-0.2, 0) is 17.8 Å². The summed E-state index contributed by atoms with van der Waals surface area (Å²) in [4.78, 5) is 24.6. The number of amides is 1. The van der Waals surface area contributed by atoms with Crippen LogP contribution in [0.15, 0.2) is 71.7 Å². The van der Waals surface area contributed by atoms with Gasteiger partial charge in [0.1, 0.15) is 18.2 Å². The SMILES string of the molecule is O=C(CCc1ncc(-c2ccc(F)cc2F)o1)Nc1ncccc1OCc1ccncc1. The summed E-state index contributed by atoms with van der Waals surface area (Å²) in [5.74, 6) is -0.592. The molecule has 1 aromatic carbocycles. The molecule has 0 bridgehead atoms. The second kappa shape index (κ2) is 9.78. The highest BCUT2D eigenvalue weighted by Gasteiger charge is 2.14. The van der Waals surface area contributed by atoms with Crippen molar-refractivity contribution in [3.63, 3.8) is 0 Å². The van der Waals surface area contributed by atoms with E-state index in [4.69, 9.17) is 9.15 Å². The van der Waals surface area contributed by atoms with E-state index in [0.717, 1.165) is 17.7 Å². The number of halogens is 2. The van der Waals surface area contributed by atoms with Gasteiger partial charge in [0.05, 0.1) is 11.8 Å². The largest absolute Gasteiger partial charge is 0.485 e. The van der Waals surface area contributed by atoms with E-state index in [1.54, 1.807) is 30.7 Å². The number of oxazole rings is 1. The Labute approximate surface area is 182 Å². The fourth-order valence-corrected chi connectivity index (χ4v) is 2.90. The molecule has 0 aliphatic carbocycles. The Morgan fingerprint density at radius 2 is 1.91 bits per heavy atom. The van der Waals surface area contributed by atoms with Crippen LogP contribution in [0.4, 0.5) is 14.6 Å². The van der Waals surface area contributed by atoms with E-state index in [1.807, 2.05) is 12.1 Å². The quantitative estimate of drug-likeness (QED) is 0.436. The Bertz CT molecular complexity index is 1210. The summed E-state index contributed by atoms with van der Waals surface area (Å²) in [6.45, 7) is 0.302. The van der Waals surface area contributed by atoms with Gasteiger partial charge in [0.25, 0.3) is 0 Å². The minimum Gasteiger partial charge on any atom is -0.485 e. The lowest BCUT2D eigenvalue weighted by Gasteiger charge is -2.11. The molecule has 7 nitrogen and oxygen atoms in total. The van der Waals surface area contributed by atoms with Gasteiger partial charge >= 0.3 is 0 Å². The van der Waals surface area contributed by atoms with Crippen LogP contribution in [0.25, 0.3) is 11.3 Å². The van der Waals surface area contributed by atoms with E-state index in [9.17, 15) is 13.6 Å². The number of nitrogens with zero attached hydrogens (tertiary/aromatic N) is 3. The van der Waals surface area contributed by atoms with Gasteiger partial charge in [-0.1, -0.05) is 0 Å². The molecule has 0 aliphatic rings. The molecule has 0 unspecified atom stereocenters. The number of aryl methyl sites for hydroxylation is 1. The molecule has 3 heterocycles. The number of rotatable bonds is 8. The minimum atomic E-state index is -0.750. The molecule has 0 saturated carbocycles. The number of hydrogen-bond donors (Lipinski definition) is 1. The van der Waals surface area contributed by atoms with Gasteiger partial charge in [-0.2, -0.15) is 0 Å². The zero-order valence-corrected chi connectivity index (χ0v) is 16.8. The monoisotopic (exact) mass is 436 g/mol. The lowest BCUT2D eigenvalue weighted by atomic mass is 10.2. The average molecular weight is 436 g/mol. The van der Waals surface area contributed by atoms with Crippen LogP contribution in [0, 0.1) is 11.6 Å². The van der Waals surface area contributed by atoms with Crippen molar-refractivity contribution in [2.75, 3.05) is 5.32 Å². The second-order valence-corrected chi connectivity index (χ2v) is 6.78. The maximum Gasteiger partial charge on any atom is 0.226 e.